The van der Waals surface area contributed by atoms with Gasteiger partial charge in [0.2, 0.25) is 0 Å². The van der Waals surface area contributed by atoms with Crippen molar-refractivity contribution >= 4 is 11.3 Å². The van der Waals surface area contributed by atoms with E-state index < -0.39 is 0 Å². The highest BCUT2D eigenvalue weighted by Crippen LogP contribution is 2.37. The van der Waals surface area contributed by atoms with Crippen LogP contribution >= 0.6 is 11.3 Å². The first-order valence-corrected chi connectivity index (χ1v) is 7.79. The Morgan fingerprint density at radius 3 is 2.79 bits per heavy atom. The molecule has 1 aliphatic carbocycles. The van der Waals surface area contributed by atoms with E-state index in [9.17, 15) is 0 Å². The molecule has 1 aliphatic rings. The Kier molecular flexibility index (Phi) is 3.67. The molecule has 3 heteroatoms. The van der Waals surface area contributed by atoms with E-state index in [1.165, 1.54) is 35.3 Å². The zero-order valence-electron chi connectivity index (χ0n) is 11.5. The molecule has 0 spiro atoms. The molecule has 0 amide bonds. The molecule has 1 aromatic carbocycles. The summed E-state index contributed by atoms with van der Waals surface area (Å²) in [5.74, 6) is 0.792. The fraction of sp³-hybridized carbons (Fsp3) is 0.438. The molecular weight excluding hydrogens is 252 g/mol. The molecule has 2 nitrogen and oxygen atoms in total. The van der Waals surface area contributed by atoms with Gasteiger partial charge in [-0.2, -0.15) is 0 Å². The largest absolute Gasteiger partial charge is 0.309 e. The van der Waals surface area contributed by atoms with E-state index in [0.717, 1.165) is 10.9 Å². The van der Waals surface area contributed by atoms with E-state index in [1.54, 1.807) is 11.3 Å². The van der Waals surface area contributed by atoms with Crippen molar-refractivity contribution in [1.29, 1.82) is 0 Å². The summed E-state index contributed by atoms with van der Waals surface area (Å²) in [6.07, 6.45) is 6.09. The van der Waals surface area contributed by atoms with Gasteiger partial charge < -0.3 is 5.32 Å². The molecule has 1 atom stereocenters. The molecule has 1 unspecified atom stereocenters. The van der Waals surface area contributed by atoms with Gasteiger partial charge in [-0.25, -0.2) is 4.98 Å². The second kappa shape index (κ2) is 5.43. The number of hydrogen-bond donors (Lipinski definition) is 1. The number of benzene rings is 1. The summed E-state index contributed by atoms with van der Waals surface area (Å²) in [7, 11) is 2.02. The van der Waals surface area contributed by atoms with Crippen molar-refractivity contribution in [2.75, 3.05) is 7.05 Å². The van der Waals surface area contributed by atoms with E-state index in [2.05, 4.69) is 41.5 Å². The lowest BCUT2D eigenvalue weighted by Gasteiger charge is -2.27. The lowest BCUT2D eigenvalue weighted by molar-refractivity contribution is 0.419. The molecule has 0 bridgehead atoms. The minimum Gasteiger partial charge on any atom is -0.309 e. The Bertz CT molecular complexity index is 557. The molecule has 2 aromatic rings. The number of thiazole rings is 1. The van der Waals surface area contributed by atoms with Crippen LogP contribution in [-0.2, 0) is 0 Å². The van der Waals surface area contributed by atoms with Crippen LogP contribution < -0.4 is 5.32 Å². The second-order valence-electron chi connectivity index (χ2n) is 5.30. The molecule has 0 radical (unpaired) electrons. The van der Waals surface area contributed by atoms with Crippen LogP contribution in [0.4, 0.5) is 0 Å². The highest BCUT2D eigenvalue weighted by atomic mass is 32.1. The molecule has 1 aromatic heterocycles. The van der Waals surface area contributed by atoms with Crippen molar-refractivity contribution in [1.82, 2.24) is 10.3 Å². The molecule has 0 aliphatic heterocycles. The maximum atomic E-state index is 4.37. The summed E-state index contributed by atoms with van der Waals surface area (Å²) < 4.78 is 0. The molecule has 1 N–H and O–H groups in total. The van der Waals surface area contributed by atoms with Crippen LogP contribution in [0, 0.1) is 6.92 Å². The van der Waals surface area contributed by atoms with Crippen LogP contribution in [0.2, 0.25) is 0 Å². The van der Waals surface area contributed by atoms with E-state index in [-0.39, 0.29) is 6.04 Å². The first-order valence-electron chi connectivity index (χ1n) is 6.97. The van der Waals surface area contributed by atoms with Crippen LogP contribution in [0.5, 0.6) is 0 Å². The first kappa shape index (κ1) is 12.8. The van der Waals surface area contributed by atoms with Crippen molar-refractivity contribution in [3.63, 3.8) is 0 Å². The zero-order valence-corrected chi connectivity index (χ0v) is 12.3. The SMILES string of the molecule is CNC(c1cccc(C2CCC2)c1)c1cnc(C)s1. The van der Waals surface area contributed by atoms with Crippen molar-refractivity contribution < 1.29 is 0 Å². The summed E-state index contributed by atoms with van der Waals surface area (Å²) in [6.45, 7) is 2.06. The number of nitrogens with one attached hydrogen (secondary N) is 1. The van der Waals surface area contributed by atoms with Crippen LogP contribution in [0.25, 0.3) is 0 Å². The van der Waals surface area contributed by atoms with Gasteiger partial charge in [0.15, 0.2) is 0 Å². The third-order valence-corrected chi connectivity index (χ3v) is 5.01. The number of hydrogen-bond acceptors (Lipinski definition) is 3. The Hall–Kier alpha value is -1.19. The van der Waals surface area contributed by atoms with Gasteiger partial charge in [-0.1, -0.05) is 30.7 Å². The fourth-order valence-electron chi connectivity index (χ4n) is 2.72. The van der Waals surface area contributed by atoms with Crippen molar-refractivity contribution in [3.8, 4) is 0 Å². The number of aryl methyl sites for hydroxylation is 1. The first-order chi connectivity index (χ1) is 9.28. The lowest BCUT2D eigenvalue weighted by atomic mass is 9.79. The number of aromatic nitrogens is 1. The van der Waals surface area contributed by atoms with Gasteiger partial charge >= 0.3 is 0 Å². The van der Waals surface area contributed by atoms with Crippen molar-refractivity contribution in [2.45, 2.75) is 38.1 Å². The lowest BCUT2D eigenvalue weighted by Crippen LogP contribution is -2.17. The fourth-order valence-corrected chi connectivity index (χ4v) is 3.64. The third kappa shape index (κ3) is 2.58. The Balaban J connectivity index is 1.90. The quantitative estimate of drug-likeness (QED) is 0.909. The maximum absolute atomic E-state index is 4.37. The van der Waals surface area contributed by atoms with E-state index in [1.807, 2.05) is 13.2 Å². The minimum absolute atomic E-state index is 0.270. The molecular formula is C16H20N2S. The molecule has 19 heavy (non-hydrogen) atoms. The van der Waals surface area contributed by atoms with Crippen LogP contribution in [0.15, 0.2) is 30.5 Å². The predicted octanol–water partition coefficient (Wildman–Crippen LogP) is 4.03. The summed E-state index contributed by atoms with van der Waals surface area (Å²) in [6, 6.07) is 9.34. The predicted molar refractivity (Wildman–Crippen MR) is 80.8 cm³/mol. The summed E-state index contributed by atoms with van der Waals surface area (Å²) >= 11 is 1.78. The molecule has 0 saturated heterocycles. The van der Waals surface area contributed by atoms with Gasteiger partial charge in [0.25, 0.3) is 0 Å². The molecule has 1 saturated carbocycles. The summed E-state index contributed by atoms with van der Waals surface area (Å²) in [5, 5.41) is 4.55. The number of nitrogens with zero attached hydrogens (tertiary/aromatic N) is 1. The summed E-state index contributed by atoms with van der Waals surface area (Å²) in [4.78, 5) is 5.67. The second-order valence-corrected chi connectivity index (χ2v) is 6.57. The Morgan fingerprint density at radius 2 is 2.21 bits per heavy atom. The van der Waals surface area contributed by atoms with Crippen molar-refractivity contribution in [2.24, 2.45) is 0 Å². The average Bonchev–Trinajstić information content (AvgIpc) is 2.75. The highest BCUT2D eigenvalue weighted by molar-refractivity contribution is 7.11. The van der Waals surface area contributed by atoms with Crippen molar-refractivity contribution in [3.05, 3.63) is 51.5 Å². The van der Waals surface area contributed by atoms with Gasteiger partial charge in [-0.05, 0) is 43.9 Å². The smallest absolute Gasteiger partial charge is 0.0897 e. The summed E-state index contributed by atoms with van der Waals surface area (Å²) in [5.41, 5.74) is 2.86. The Labute approximate surface area is 118 Å². The minimum atomic E-state index is 0.270. The average molecular weight is 272 g/mol. The van der Waals surface area contributed by atoms with Gasteiger partial charge in [0, 0.05) is 11.1 Å². The molecule has 1 heterocycles. The highest BCUT2D eigenvalue weighted by Gasteiger charge is 2.21. The van der Waals surface area contributed by atoms with E-state index in [4.69, 9.17) is 0 Å². The molecule has 100 valence electrons. The van der Waals surface area contributed by atoms with Gasteiger partial charge in [-0.3, -0.25) is 0 Å². The van der Waals surface area contributed by atoms with Gasteiger partial charge in [0.1, 0.15) is 0 Å². The number of rotatable bonds is 4. The van der Waals surface area contributed by atoms with Crippen LogP contribution in [0.1, 0.15) is 52.2 Å². The van der Waals surface area contributed by atoms with Crippen LogP contribution in [0.3, 0.4) is 0 Å². The zero-order chi connectivity index (χ0) is 13.2. The molecule has 3 rings (SSSR count). The van der Waals surface area contributed by atoms with Crippen LogP contribution in [-0.4, -0.2) is 12.0 Å². The Morgan fingerprint density at radius 1 is 1.37 bits per heavy atom. The topological polar surface area (TPSA) is 24.9 Å². The molecule has 1 fully saturated rings. The normalized spacial score (nSPS) is 17.2. The maximum Gasteiger partial charge on any atom is 0.0897 e. The van der Waals surface area contributed by atoms with E-state index >= 15 is 0 Å². The van der Waals surface area contributed by atoms with Gasteiger partial charge in [-0.15, -0.1) is 11.3 Å². The third-order valence-electron chi connectivity index (χ3n) is 4.03. The standard InChI is InChI=1S/C16H20N2S/c1-11-18-10-15(19-11)16(17-2)14-8-4-7-13(9-14)12-5-3-6-12/h4,7-10,12,16-17H,3,5-6H2,1-2H3. The monoisotopic (exact) mass is 272 g/mol. The van der Waals surface area contributed by atoms with E-state index in [0.29, 0.717) is 0 Å². The van der Waals surface area contributed by atoms with Gasteiger partial charge in [0.05, 0.1) is 11.0 Å².